The minimum atomic E-state index is -3.26. The van der Waals surface area contributed by atoms with E-state index in [2.05, 4.69) is 0 Å². The number of carbonyl (C=O) groups is 2. The Hall–Kier alpha value is -3.76. The van der Waals surface area contributed by atoms with Crippen LogP contribution in [0, 0.1) is 11.7 Å². The highest BCUT2D eigenvalue weighted by Crippen LogP contribution is 2.46. The van der Waals surface area contributed by atoms with Gasteiger partial charge >= 0.3 is 5.97 Å². The fraction of sp³-hybridized carbons (Fsp3) is 0.459. The fourth-order valence-corrected chi connectivity index (χ4v) is 7.23. The topological polar surface area (TPSA) is 185 Å². The Balaban J connectivity index is 1.29. The summed E-state index contributed by atoms with van der Waals surface area (Å²) in [6.45, 7) is 0.386. The van der Waals surface area contributed by atoms with Crippen molar-refractivity contribution in [1.29, 1.82) is 0 Å². The normalized spacial score (nSPS) is 25.8. The van der Waals surface area contributed by atoms with E-state index in [1.165, 1.54) is 34.8 Å². The summed E-state index contributed by atoms with van der Waals surface area (Å²) < 4.78 is 43.5. The van der Waals surface area contributed by atoms with Gasteiger partial charge in [-0.25, -0.2) is 21.9 Å². The molecule has 0 bridgehead atoms. The van der Waals surface area contributed by atoms with Gasteiger partial charge in [0.25, 0.3) is 0 Å². The van der Waals surface area contributed by atoms with Crippen molar-refractivity contribution in [1.82, 2.24) is 4.31 Å². The van der Waals surface area contributed by atoms with E-state index in [9.17, 15) is 47.9 Å². The van der Waals surface area contributed by atoms with Crippen molar-refractivity contribution < 1.29 is 52.7 Å². The highest BCUT2D eigenvalue weighted by Gasteiger charge is 2.49. The Morgan fingerprint density at radius 2 is 1.51 bits per heavy atom. The van der Waals surface area contributed by atoms with Crippen molar-refractivity contribution >= 4 is 27.6 Å². The van der Waals surface area contributed by atoms with Crippen molar-refractivity contribution in [2.75, 3.05) is 24.7 Å². The predicted molar refractivity (Wildman–Crippen MR) is 186 cm³/mol. The van der Waals surface area contributed by atoms with Crippen LogP contribution in [-0.2, 0) is 37.2 Å². The van der Waals surface area contributed by atoms with E-state index in [-0.39, 0.29) is 24.8 Å². The van der Waals surface area contributed by atoms with Gasteiger partial charge in [0, 0.05) is 19.3 Å². The molecule has 0 saturated carbocycles. The lowest BCUT2D eigenvalue weighted by Crippen LogP contribution is -2.59. The molecule has 0 aromatic heterocycles. The van der Waals surface area contributed by atoms with Crippen LogP contribution < -0.4 is 4.90 Å². The Bertz CT molecular complexity index is 1760. The van der Waals surface area contributed by atoms with Crippen LogP contribution in [0.3, 0.4) is 0 Å². The second-order valence-corrected chi connectivity index (χ2v) is 15.5. The van der Waals surface area contributed by atoms with Crippen LogP contribution in [0.2, 0.25) is 0 Å². The second kappa shape index (κ2) is 16.3. The van der Waals surface area contributed by atoms with Crippen LogP contribution in [-0.4, -0.2) is 101 Å². The molecule has 2 aliphatic rings. The summed E-state index contributed by atoms with van der Waals surface area (Å²) in [5, 5.41) is 50.7. The number of β-lactam (4-membered cyclic amide) rings is 1. The van der Waals surface area contributed by atoms with E-state index in [1.54, 1.807) is 11.9 Å². The van der Waals surface area contributed by atoms with E-state index in [4.69, 9.17) is 4.74 Å². The van der Waals surface area contributed by atoms with Crippen molar-refractivity contribution in [2.24, 2.45) is 5.92 Å². The lowest BCUT2D eigenvalue weighted by molar-refractivity contribution is -0.228. The first-order valence-electron chi connectivity index (χ1n) is 16.9. The molecule has 5 rings (SSSR count). The Morgan fingerprint density at radius 3 is 2.12 bits per heavy atom. The fourth-order valence-electron chi connectivity index (χ4n) is 6.77. The zero-order valence-electron chi connectivity index (χ0n) is 28.5. The van der Waals surface area contributed by atoms with E-state index in [0.717, 1.165) is 16.7 Å². The number of sulfonamides is 1. The van der Waals surface area contributed by atoms with Crippen LogP contribution >= 0.6 is 0 Å². The molecule has 2 heterocycles. The first kappa shape index (κ1) is 38.5. The van der Waals surface area contributed by atoms with Gasteiger partial charge in [0.1, 0.15) is 24.1 Å². The van der Waals surface area contributed by atoms with Crippen molar-refractivity contribution in [2.45, 2.75) is 81.2 Å². The summed E-state index contributed by atoms with van der Waals surface area (Å²) in [4.78, 5) is 26.9. The van der Waals surface area contributed by atoms with Crippen LogP contribution in [0.1, 0.15) is 60.1 Å². The third-order valence-electron chi connectivity index (χ3n) is 9.93. The summed E-state index contributed by atoms with van der Waals surface area (Å²) in [7, 11) is -1.72. The number of aliphatic hydroxyl groups is 4. The van der Waals surface area contributed by atoms with Crippen molar-refractivity contribution in [3.63, 3.8) is 0 Å². The number of amides is 1. The number of aliphatic hydroxyl groups excluding tert-OH is 4. The molecule has 0 radical (unpaired) electrons. The van der Waals surface area contributed by atoms with Gasteiger partial charge in [-0.2, -0.15) is 0 Å². The number of anilines is 1. The molecule has 8 atom stereocenters. The molecule has 14 heteroatoms. The van der Waals surface area contributed by atoms with Gasteiger partial charge < -0.3 is 35.2 Å². The van der Waals surface area contributed by atoms with Gasteiger partial charge in [-0.05, 0) is 85.0 Å². The molecule has 3 aromatic carbocycles. The molecule has 2 aliphatic heterocycles. The van der Waals surface area contributed by atoms with Crippen LogP contribution in [0.25, 0.3) is 0 Å². The van der Waals surface area contributed by atoms with E-state index >= 15 is 0 Å². The molecule has 12 nitrogen and oxygen atoms in total. The summed E-state index contributed by atoms with van der Waals surface area (Å²) in [5.74, 6) is -2.39. The SMILES string of the molecule is CN(CCCc1ccc(N2C(=O)[C@H](CC[C@H](O)c3ccc(F)cc3)[C@H]2c2ccc(CCC3O[C@H](C(=O)O)[C@@H](O)[C@H](O)[C@H]3O)cc2)cc1)S(C)(=O)=O. The molecule has 2 saturated heterocycles. The zero-order chi connectivity index (χ0) is 37.0. The van der Waals surface area contributed by atoms with Gasteiger partial charge in [-0.1, -0.05) is 48.5 Å². The number of benzene rings is 3. The Morgan fingerprint density at radius 1 is 0.902 bits per heavy atom. The number of aliphatic carboxylic acids is 1. The number of aryl methyl sites for hydroxylation is 2. The third kappa shape index (κ3) is 9.01. The van der Waals surface area contributed by atoms with Crippen molar-refractivity contribution in [3.8, 4) is 0 Å². The quantitative estimate of drug-likeness (QED) is 0.146. The number of carboxylic acid groups (broad SMARTS) is 1. The Labute approximate surface area is 296 Å². The van der Waals surface area contributed by atoms with Crippen LogP contribution in [0.15, 0.2) is 72.8 Å². The number of nitrogens with zero attached hydrogens (tertiary/aromatic N) is 2. The van der Waals surface area contributed by atoms with Crippen LogP contribution in [0.4, 0.5) is 10.1 Å². The minimum Gasteiger partial charge on any atom is -0.479 e. The second-order valence-electron chi connectivity index (χ2n) is 13.4. The summed E-state index contributed by atoms with van der Waals surface area (Å²) in [6.07, 6.45) is -4.76. The first-order valence-corrected chi connectivity index (χ1v) is 18.8. The summed E-state index contributed by atoms with van der Waals surface area (Å²) >= 11 is 0. The number of rotatable bonds is 15. The maximum atomic E-state index is 13.7. The Kier molecular flexibility index (Phi) is 12.3. The molecule has 1 amide bonds. The number of hydrogen-bond donors (Lipinski definition) is 5. The van der Waals surface area contributed by atoms with Gasteiger partial charge in [0.05, 0.1) is 30.4 Å². The average Bonchev–Trinajstić information content (AvgIpc) is 3.09. The molecule has 0 aliphatic carbocycles. The first-order chi connectivity index (χ1) is 24.1. The monoisotopic (exact) mass is 728 g/mol. The molecule has 0 spiro atoms. The molecule has 276 valence electrons. The molecule has 51 heavy (non-hydrogen) atoms. The zero-order valence-corrected chi connectivity index (χ0v) is 29.3. The highest BCUT2D eigenvalue weighted by molar-refractivity contribution is 7.88. The van der Waals surface area contributed by atoms with Gasteiger partial charge in [-0.3, -0.25) is 4.79 Å². The number of halogens is 1. The van der Waals surface area contributed by atoms with Crippen LogP contribution in [0.5, 0.6) is 0 Å². The number of carboxylic acids is 1. The minimum absolute atomic E-state index is 0.102. The molecule has 3 aromatic rings. The van der Waals surface area contributed by atoms with Gasteiger partial charge in [-0.15, -0.1) is 0 Å². The van der Waals surface area contributed by atoms with E-state index in [0.29, 0.717) is 43.5 Å². The molecular formula is C37H45FN2O10S. The number of ether oxygens (including phenoxy) is 1. The average molecular weight is 729 g/mol. The van der Waals surface area contributed by atoms with E-state index < -0.39 is 64.4 Å². The third-order valence-corrected chi connectivity index (χ3v) is 11.2. The molecular weight excluding hydrogens is 683 g/mol. The molecule has 5 N–H and O–H groups in total. The molecule has 1 unspecified atom stereocenters. The molecule has 2 fully saturated rings. The largest absolute Gasteiger partial charge is 0.479 e. The van der Waals surface area contributed by atoms with E-state index in [1.807, 2.05) is 48.5 Å². The number of hydrogen-bond acceptors (Lipinski definition) is 9. The van der Waals surface area contributed by atoms with Gasteiger partial charge in [0.15, 0.2) is 6.10 Å². The standard InChI is InChI=1S/C37H45FN2O10S/c1-39(51(2,48)49)21-3-4-22-7-16-27(17-8-22)40-31(28(36(40)45)18-19-29(41)24-12-14-26(38)15-13-24)25-10-5-23(6-11-25)9-20-30-32(42)33(43)34(44)35(50-30)37(46)47/h5-8,10-17,28-35,41-44H,3-4,9,18-21H2,1-2H3,(H,46,47)/t28-,29+,30?,31-,32+,33-,34+,35+/m1/s1. The lowest BCUT2D eigenvalue weighted by atomic mass is 9.78. The lowest BCUT2D eigenvalue weighted by Gasteiger charge is -2.48. The van der Waals surface area contributed by atoms with Crippen molar-refractivity contribution in [3.05, 3.63) is 101 Å². The maximum absolute atomic E-state index is 13.7. The van der Waals surface area contributed by atoms with Gasteiger partial charge in [0.2, 0.25) is 15.9 Å². The summed E-state index contributed by atoms with van der Waals surface area (Å²) in [5.41, 5.74) is 3.94. The number of carbonyl (C=O) groups excluding carboxylic acids is 1. The summed E-state index contributed by atoms with van der Waals surface area (Å²) in [6, 6.07) is 20.3. The maximum Gasteiger partial charge on any atom is 0.335 e. The predicted octanol–water partition coefficient (Wildman–Crippen LogP) is 2.73. The smallest absolute Gasteiger partial charge is 0.335 e. The highest BCUT2D eigenvalue weighted by atomic mass is 32.2.